The number of methoxy groups -OCH3 is 3. The SMILES string of the molecule is C=C1C[C@H]2[C@H](O)N(C(=O)O)c3cc(OCc4cc(COc5cc6c(cc5OC)C(=O)N5CC(=C)C[C@H]5[C@H](OC5CCCCO5)N6C(=O)OC(C)(C)C)cc(C(=O)OC)c4)c(OC)cc3C(=O)N2C1. The first kappa shape index (κ1) is 47.7. The first-order valence-electron chi connectivity index (χ1n) is 22.2. The van der Waals surface area contributed by atoms with Crippen LogP contribution in [0.3, 0.4) is 0 Å². The van der Waals surface area contributed by atoms with Gasteiger partial charge < -0.3 is 57.9 Å². The molecule has 8 rings (SSSR count). The lowest BCUT2D eigenvalue weighted by Gasteiger charge is -2.39. The molecule has 3 aromatic carbocycles. The molecule has 19 nitrogen and oxygen atoms in total. The Bertz CT molecular complexity index is 2550. The molecule has 0 spiro atoms. The number of benzene rings is 3. The van der Waals surface area contributed by atoms with Crippen LogP contribution >= 0.6 is 0 Å². The number of nitrogens with zero attached hydrogens (tertiary/aromatic N) is 4. The fraction of sp³-hybridized carbons (Fsp3) is 0.449. The van der Waals surface area contributed by atoms with Gasteiger partial charge in [-0.15, -0.1) is 0 Å². The topological polar surface area (TPSA) is 213 Å². The summed E-state index contributed by atoms with van der Waals surface area (Å²) in [5.74, 6) is -1.05. The molecular weight excluding hydrogens is 885 g/mol. The second-order valence-corrected chi connectivity index (χ2v) is 18.3. The van der Waals surface area contributed by atoms with Crippen molar-refractivity contribution in [2.45, 2.75) is 103 Å². The highest BCUT2D eigenvalue weighted by atomic mass is 16.7. The maximum atomic E-state index is 14.5. The number of hydrogen-bond acceptors (Lipinski definition) is 14. The van der Waals surface area contributed by atoms with Crippen LogP contribution in [0.5, 0.6) is 23.0 Å². The summed E-state index contributed by atoms with van der Waals surface area (Å²) in [5.41, 5.74) is 1.82. The largest absolute Gasteiger partial charge is 0.493 e. The third-order valence-electron chi connectivity index (χ3n) is 12.3. The molecule has 0 radical (unpaired) electrons. The smallest absolute Gasteiger partial charge is 0.417 e. The minimum absolute atomic E-state index is 0.0145. The summed E-state index contributed by atoms with van der Waals surface area (Å²) in [4.78, 5) is 73.5. The van der Waals surface area contributed by atoms with Crippen LogP contribution < -0.4 is 28.7 Å². The number of rotatable bonds is 11. The number of carbonyl (C=O) groups excluding carboxylic acids is 4. The fourth-order valence-electron chi connectivity index (χ4n) is 9.28. The van der Waals surface area contributed by atoms with E-state index in [0.717, 1.165) is 23.3 Å². The summed E-state index contributed by atoms with van der Waals surface area (Å²) in [6.45, 7) is 13.9. The molecular formula is C49H56N4O15. The number of carbonyl (C=O) groups is 5. The van der Waals surface area contributed by atoms with Crippen LogP contribution in [-0.4, -0.2) is 127 Å². The molecule has 3 saturated heterocycles. The average Bonchev–Trinajstić information content (AvgIpc) is 3.86. The van der Waals surface area contributed by atoms with Gasteiger partial charge in [0.25, 0.3) is 11.8 Å². The second kappa shape index (κ2) is 19.0. The van der Waals surface area contributed by atoms with Gasteiger partial charge in [0.1, 0.15) is 18.8 Å². The number of anilines is 2. The fourth-order valence-corrected chi connectivity index (χ4v) is 9.28. The molecule has 2 N–H and O–H groups in total. The number of fused-ring (bicyclic) bond motifs is 4. The molecule has 5 atom stereocenters. The van der Waals surface area contributed by atoms with Crippen molar-refractivity contribution < 1.29 is 72.1 Å². The summed E-state index contributed by atoms with van der Waals surface area (Å²) < 4.78 is 47.7. The van der Waals surface area contributed by atoms with Gasteiger partial charge in [-0.25, -0.2) is 24.2 Å². The molecule has 1 unspecified atom stereocenters. The van der Waals surface area contributed by atoms with Gasteiger partial charge in [0, 0.05) is 31.8 Å². The molecule has 0 bridgehead atoms. The van der Waals surface area contributed by atoms with E-state index in [1.165, 1.54) is 55.4 Å². The Labute approximate surface area is 393 Å². The number of hydrogen-bond donors (Lipinski definition) is 2. The van der Waals surface area contributed by atoms with Crippen LogP contribution in [0.15, 0.2) is 66.8 Å². The number of amides is 4. The van der Waals surface area contributed by atoms with Gasteiger partial charge in [-0.1, -0.05) is 24.3 Å². The van der Waals surface area contributed by atoms with E-state index in [-0.39, 0.29) is 89.7 Å². The van der Waals surface area contributed by atoms with Crippen molar-refractivity contribution in [2.75, 3.05) is 50.8 Å². The van der Waals surface area contributed by atoms with Gasteiger partial charge in [0.05, 0.1) is 61.5 Å². The summed E-state index contributed by atoms with van der Waals surface area (Å²) >= 11 is 0. The highest BCUT2D eigenvalue weighted by molar-refractivity contribution is 6.07. The molecule has 3 aromatic rings. The van der Waals surface area contributed by atoms with Gasteiger partial charge in [-0.3, -0.25) is 9.59 Å². The minimum atomic E-state index is -1.60. The van der Waals surface area contributed by atoms with Crippen molar-refractivity contribution in [3.05, 3.63) is 94.6 Å². The van der Waals surface area contributed by atoms with E-state index in [1.807, 2.05) is 0 Å². The quantitative estimate of drug-likeness (QED) is 0.153. The molecule has 5 heterocycles. The molecule has 19 heteroatoms. The molecule has 362 valence electrons. The Morgan fingerprint density at radius 1 is 0.750 bits per heavy atom. The summed E-state index contributed by atoms with van der Waals surface area (Å²) in [5, 5.41) is 21.6. The van der Waals surface area contributed by atoms with Crippen molar-refractivity contribution >= 4 is 41.3 Å². The second-order valence-electron chi connectivity index (χ2n) is 18.3. The lowest BCUT2D eigenvalue weighted by molar-refractivity contribution is -0.195. The standard InChI is InChI=1S/C49H56N4O15/c1-26-13-35-44(56)52(47(58)59)33-20-39(37(61-6)18-31(33)42(54)50(35)22-26)65-24-28-15-29(17-30(16-28)46(57)63-8)25-66-40-21-34-32(19-38(40)62-7)43(55)51-23-27(2)14-36(51)45(67-41-11-9-10-12-64-41)53(34)48(60)68-49(3,4)5/h15-21,35-36,41,44-45,56H,1-2,9-14,22-25H2,3-8H3,(H,58,59)/t35-,36-,41?,44-,45-/m0/s1. The molecule has 0 aromatic heterocycles. The zero-order valence-corrected chi connectivity index (χ0v) is 38.9. The Balaban J connectivity index is 1.12. The van der Waals surface area contributed by atoms with Gasteiger partial charge in [-0.05, 0) is 94.3 Å². The lowest BCUT2D eigenvalue weighted by atomic mass is 10.1. The molecule has 0 aliphatic carbocycles. The molecule has 5 aliphatic rings. The van der Waals surface area contributed by atoms with E-state index >= 15 is 0 Å². The summed E-state index contributed by atoms with van der Waals surface area (Å²) in [6.07, 6.45) is -2.60. The van der Waals surface area contributed by atoms with Crippen molar-refractivity contribution in [1.29, 1.82) is 0 Å². The van der Waals surface area contributed by atoms with Gasteiger partial charge in [-0.2, -0.15) is 0 Å². The number of carboxylic acid groups (broad SMARTS) is 1. The van der Waals surface area contributed by atoms with Crippen molar-refractivity contribution in [3.63, 3.8) is 0 Å². The molecule has 68 heavy (non-hydrogen) atoms. The predicted octanol–water partition coefficient (Wildman–Crippen LogP) is 6.63. The zero-order valence-electron chi connectivity index (χ0n) is 38.9. The molecule has 0 saturated carbocycles. The van der Waals surface area contributed by atoms with Crippen molar-refractivity contribution in [1.82, 2.24) is 9.80 Å². The first-order valence-corrected chi connectivity index (χ1v) is 22.2. The van der Waals surface area contributed by atoms with Crippen LogP contribution in [0.2, 0.25) is 0 Å². The van der Waals surface area contributed by atoms with Crippen LogP contribution in [0.4, 0.5) is 21.0 Å². The van der Waals surface area contributed by atoms with Crippen LogP contribution in [0.1, 0.15) is 95.1 Å². The molecule has 5 aliphatic heterocycles. The van der Waals surface area contributed by atoms with E-state index in [1.54, 1.807) is 43.9 Å². The Kier molecular flexibility index (Phi) is 13.3. The first-order chi connectivity index (χ1) is 32.4. The van der Waals surface area contributed by atoms with Crippen molar-refractivity contribution in [2.24, 2.45) is 0 Å². The Morgan fingerprint density at radius 2 is 1.29 bits per heavy atom. The van der Waals surface area contributed by atoms with E-state index in [4.69, 9.17) is 37.9 Å². The van der Waals surface area contributed by atoms with E-state index in [0.29, 0.717) is 36.1 Å². The number of aliphatic hydroxyl groups excluding tert-OH is 1. The zero-order chi connectivity index (χ0) is 48.8. The highest BCUT2D eigenvalue weighted by Gasteiger charge is 2.50. The minimum Gasteiger partial charge on any atom is -0.493 e. The van der Waals surface area contributed by atoms with E-state index in [2.05, 4.69) is 13.2 Å². The monoisotopic (exact) mass is 940 g/mol. The molecule has 3 fully saturated rings. The number of esters is 1. The van der Waals surface area contributed by atoms with E-state index < -0.39 is 60.5 Å². The third kappa shape index (κ3) is 9.37. The summed E-state index contributed by atoms with van der Waals surface area (Å²) in [6, 6.07) is 9.10. The van der Waals surface area contributed by atoms with Crippen LogP contribution in [-0.2, 0) is 32.2 Å². The third-order valence-corrected chi connectivity index (χ3v) is 12.3. The average molecular weight is 941 g/mol. The predicted molar refractivity (Wildman–Crippen MR) is 243 cm³/mol. The Hall–Kier alpha value is -6.83. The molecule has 4 amide bonds. The van der Waals surface area contributed by atoms with Gasteiger partial charge >= 0.3 is 18.2 Å². The number of aliphatic hydroxyl groups is 1. The Morgan fingerprint density at radius 3 is 1.79 bits per heavy atom. The van der Waals surface area contributed by atoms with E-state index in [9.17, 15) is 34.2 Å². The van der Waals surface area contributed by atoms with Crippen LogP contribution in [0, 0.1) is 0 Å². The van der Waals surface area contributed by atoms with Gasteiger partial charge in [0.15, 0.2) is 41.7 Å². The lowest BCUT2D eigenvalue weighted by Crippen LogP contribution is -2.54. The van der Waals surface area contributed by atoms with Crippen LogP contribution in [0.25, 0.3) is 0 Å². The van der Waals surface area contributed by atoms with Crippen molar-refractivity contribution in [3.8, 4) is 23.0 Å². The highest BCUT2D eigenvalue weighted by Crippen LogP contribution is 2.45. The maximum Gasteiger partial charge on any atom is 0.417 e. The van der Waals surface area contributed by atoms with Gasteiger partial charge in [0.2, 0.25) is 0 Å². The normalized spacial score (nSPS) is 22.4. The number of ether oxygens (including phenoxy) is 8. The summed E-state index contributed by atoms with van der Waals surface area (Å²) in [7, 11) is 4.03. The maximum absolute atomic E-state index is 14.5.